The summed E-state index contributed by atoms with van der Waals surface area (Å²) >= 11 is 0. The minimum absolute atomic E-state index is 0. The number of piperidine rings is 1. The van der Waals surface area contributed by atoms with Gasteiger partial charge in [0.05, 0.1) is 12.7 Å². The number of halogens is 1. The fourth-order valence-electron chi connectivity index (χ4n) is 3.22. The highest BCUT2D eigenvalue weighted by molar-refractivity contribution is 14.0. The van der Waals surface area contributed by atoms with Crippen molar-refractivity contribution in [2.75, 3.05) is 59.6 Å². The molecule has 2 atom stereocenters. The van der Waals surface area contributed by atoms with E-state index in [4.69, 9.17) is 9.47 Å². The molecular formula is C17H35IN4O2. The maximum Gasteiger partial charge on any atom is 0.191 e. The van der Waals surface area contributed by atoms with E-state index in [1.165, 1.54) is 25.9 Å². The second-order valence-electron chi connectivity index (χ2n) is 6.68. The quantitative estimate of drug-likeness (QED) is 0.253. The second-order valence-corrected chi connectivity index (χ2v) is 6.68. The number of hydrogen-bond acceptors (Lipinski definition) is 4. The van der Waals surface area contributed by atoms with Crippen molar-refractivity contribution in [3.63, 3.8) is 0 Å². The average molecular weight is 454 g/mol. The van der Waals surface area contributed by atoms with E-state index in [0.29, 0.717) is 6.10 Å². The van der Waals surface area contributed by atoms with Gasteiger partial charge in [-0.2, -0.15) is 0 Å². The number of guanidine groups is 1. The highest BCUT2D eigenvalue weighted by Gasteiger charge is 2.16. The molecule has 6 nitrogen and oxygen atoms in total. The molecule has 2 fully saturated rings. The van der Waals surface area contributed by atoms with E-state index in [0.717, 1.165) is 64.2 Å². The number of likely N-dealkylation sites (tertiary alicyclic amines) is 1. The van der Waals surface area contributed by atoms with Crippen LogP contribution in [0.3, 0.4) is 0 Å². The summed E-state index contributed by atoms with van der Waals surface area (Å²) in [6.07, 6.45) is 5.04. The van der Waals surface area contributed by atoms with E-state index in [1.54, 1.807) is 0 Å². The third kappa shape index (κ3) is 8.82. The van der Waals surface area contributed by atoms with Crippen LogP contribution in [0.1, 0.15) is 32.6 Å². The molecule has 0 aliphatic carbocycles. The monoisotopic (exact) mass is 454 g/mol. The molecule has 0 aromatic carbocycles. The number of aliphatic imine (C=N–C) groups is 1. The zero-order valence-corrected chi connectivity index (χ0v) is 17.6. The van der Waals surface area contributed by atoms with Crippen LogP contribution in [0.25, 0.3) is 0 Å². The zero-order valence-electron chi connectivity index (χ0n) is 15.3. The van der Waals surface area contributed by atoms with E-state index in [-0.39, 0.29) is 24.0 Å². The minimum atomic E-state index is 0. The van der Waals surface area contributed by atoms with Gasteiger partial charge in [-0.15, -0.1) is 24.0 Å². The molecule has 0 saturated carbocycles. The molecule has 7 heteroatoms. The number of nitrogens with zero attached hydrogens (tertiary/aromatic N) is 2. The summed E-state index contributed by atoms with van der Waals surface area (Å²) in [7, 11) is 1.82. The summed E-state index contributed by atoms with van der Waals surface area (Å²) in [5.74, 6) is 1.73. The molecule has 2 rings (SSSR count). The van der Waals surface area contributed by atoms with Gasteiger partial charge in [-0.25, -0.2) is 0 Å². The standard InChI is InChI=1S/C17H34N4O2.HI/c1-15-5-3-9-21(13-15)10-8-20-17(18-2)19-7-4-11-23-16-6-12-22-14-16;/h15-16H,3-14H2,1-2H3,(H2,18,19,20);1H. The summed E-state index contributed by atoms with van der Waals surface area (Å²) in [5, 5.41) is 6.75. The molecular weight excluding hydrogens is 419 g/mol. The van der Waals surface area contributed by atoms with Crippen molar-refractivity contribution in [1.29, 1.82) is 0 Å². The molecule has 2 saturated heterocycles. The lowest BCUT2D eigenvalue weighted by atomic mass is 10.0. The molecule has 0 aromatic rings. The lowest BCUT2D eigenvalue weighted by Gasteiger charge is -2.30. The van der Waals surface area contributed by atoms with Gasteiger partial charge in [0, 0.05) is 46.4 Å². The van der Waals surface area contributed by atoms with Crippen molar-refractivity contribution < 1.29 is 9.47 Å². The molecule has 2 unspecified atom stereocenters. The zero-order chi connectivity index (χ0) is 16.3. The van der Waals surface area contributed by atoms with Crippen LogP contribution in [0.5, 0.6) is 0 Å². The molecule has 0 bridgehead atoms. The van der Waals surface area contributed by atoms with Crippen molar-refractivity contribution >= 4 is 29.9 Å². The fraction of sp³-hybridized carbons (Fsp3) is 0.941. The van der Waals surface area contributed by atoms with Crippen LogP contribution in [-0.2, 0) is 9.47 Å². The predicted octanol–water partition coefficient (Wildman–Crippen LogP) is 1.70. The molecule has 0 aromatic heterocycles. The van der Waals surface area contributed by atoms with Crippen LogP contribution < -0.4 is 10.6 Å². The Bertz CT molecular complexity index is 351. The first-order chi connectivity index (χ1) is 11.3. The second kappa shape index (κ2) is 13.1. The highest BCUT2D eigenvalue weighted by Crippen LogP contribution is 2.14. The summed E-state index contributed by atoms with van der Waals surface area (Å²) in [4.78, 5) is 6.82. The van der Waals surface area contributed by atoms with E-state index in [2.05, 4.69) is 27.4 Å². The van der Waals surface area contributed by atoms with Gasteiger partial charge < -0.3 is 25.0 Å². The van der Waals surface area contributed by atoms with Crippen LogP contribution in [0.4, 0.5) is 0 Å². The number of rotatable bonds is 8. The van der Waals surface area contributed by atoms with Crippen LogP contribution >= 0.6 is 24.0 Å². The van der Waals surface area contributed by atoms with Gasteiger partial charge in [-0.05, 0) is 38.1 Å². The number of ether oxygens (including phenoxy) is 2. The van der Waals surface area contributed by atoms with Gasteiger partial charge in [-0.1, -0.05) is 6.92 Å². The lowest BCUT2D eigenvalue weighted by Crippen LogP contribution is -2.44. The molecule has 2 aliphatic rings. The average Bonchev–Trinajstić information content (AvgIpc) is 3.06. The smallest absolute Gasteiger partial charge is 0.191 e. The Morgan fingerprint density at radius 1 is 1.29 bits per heavy atom. The first kappa shape index (κ1) is 21.9. The van der Waals surface area contributed by atoms with Crippen LogP contribution in [0, 0.1) is 5.92 Å². The molecule has 0 amide bonds. The Balaban J connectivity index is 0.00000288. The van der Waals surface area contributed by atoms with E-state index in [1.807, 2.05) is 7.05 Å². The van der Waals surface area contributed by atoms with Gasteiger partial charge in [0.1, 0.15) is 0 Å². The molecule has 0 radical (unpaired) electrons. The third-order valence-corrected chi connectivity index (χ3v) is 4.54. The minimum Gasteiger partial charge on any atom is -0.379 e. The van der Waals surface area contributed by atoms with Crippen molar-refractivity contribution in [1.82, 2.24) is 15.5 Å². The van der Waals surface area contributed by atoms with Crippen LogP contribution in [-0.4, -0.2) is 76.6 Å². The lowest BCUT2D eigenvalue weighted by molar-refractivity contribution is 0.0420. The molecule has 2 aliphatic heterocycles. The SMILES string of the molecule is CN=C(NCCCOC1CCOC1)NCCN1CCCC(C)C1.I. The molecule has 0 spiro atoms. The maximum atomic E-state index is 5.76. The topological polar surface area (TPSA) is 58.1 Å². The normalized spacial score (nSPS) is 25.3. The van der Waals surface area contributed by atoms with Crippen molar-refractivity contribution in [2.45, 2.75) is 38.7 Å². The van der Waals surface area contributed by atoms with Crippen molar-refractivity contribution in [2.24, 2.45) is 10.9 Å². The van der Waals surface area contributed by atoms with Gasteiger partial charge in [0.15, 0.2) is 5.96 Å². The van der Waals surface area contributed by atoms with Gasteiger partial charge >= 0.3 is 0 Å². The molecule has 2 N–H and O–H groups in total. The third-order valence-electron chi connectivity index (χ3n) is 4.54. The summed E-state index contributed by atoms with van der Waals surface area (Å²) in [6, 6.07) is 0. The molecule has 24 heavy (non-hydrogen) atoms. The first-order valence-electron chi connectivity index (χ1n) is 9.14. The largest absolute Gasteiger partial charge is 0.379 e. The first-order valence-corrected chi connectivity index (χ1v) is 9.14. The number of hydrogen-bond donors (Lipinski definition) is 2. The number of nitrogens with one attached hydrogen (secondary N) is 2. The highest BCUT2D eigenvalue weighted by atomic mass is 127. The summed E-state index contributed by atoms with van der Waals surface area (Å²) < 4.78 is 11.1. The van der Waals surface area contributed by atoms with Gasteiger partial charge in [0.2, 0.25) is 0 Å². The summed E-state index contributed by atoms with van der Waals surface area (Å²) in [6.45, 7) is 10.1. The summed E-state index contributed by atoms with van der Waals surface area (Å²) in [5.41, 5.74) is 0. The van der Waals surface area contributed by atoms with Crippen LogP contribution in [0.15, 0.2) is 4.99 Å². The van der Waals surface area contributed by atoms with Crippen LogP contribution in [0.2, 0.25) is 0 Å². The van der Waals surface area contributed by atoms with Crippen molar-refractivity contribution in [3.05, 3.63) is 0 Å². The Kier molecular flexibility index (Phi) is 12.0. The van der Waals surface area contributed by atoms with E-state index in [9.17, 15) is 0 Å². The molecule has 2 heterocycles. The molecule has 142 valence electrons. The Morgan fingerprint density at radius 2 is 2.12 bits per heavy atom. The Hall–Kier alpha value is -0.120. The maximum absolute atomic E-state index is 5.76. The Labute approximate surface area is 164 Å². The van der Waals surface area contributed by atoms with Gasteiger partial charge in [-0.3, -0.25) is 4.99 Å². The van der Waals surface area contributed by atoms with Gasteiger partial charge in [0.25, 0.3) is 0 Å². The van der Waals surface area contributed by atoms with Crippen molar-refractivity contribution in [3.8, 4) is 0 Å². The van der Waals surface area contributed by atoms with E-state index < -0.39 is 0 Å². The Morgan fingerprint density at radius 3 is 2.83 bits per heavy atom. The van der Waals surface area contributed by atoms with E-state index >= 15 is 0 Å². The fourth-order valence-corrected chi connectivity index (χ4v) is 3.22. The predicted molar refractivity (Wildman–Crippen MR) is 109 cm³/mol.